The van der Waals surface area contributed by atoms with E-state index < -0.39 is 12.5 Å². The Balaban J connectivity index is 2.73. The Morgan fingerprint density at radius 1 is 1.27 bits per heavy atom. The Morgan fingerprint density at radius 3 is 2.47 bits per heavy atom. The summed E-state index contributed by atoms with van der Waals surface area (Å²) in [6, 6.07) is 6.57. The predicted molar refractivity (Wildman–Crippen MR) is 59.9 cm³/mol. The molecule has 0 aliphatic carbocycles. The first-order valence-corrected chi connectivity index (χ1v) is 4.83. The minimum atomic E-state index is -2.35. The largest absolute Gasteiger partial charge is 0.378 e. The summed E-state index contributed by atoms with van der Waals surface area (Å²) in [5.74, 6) is 0. The van der Waals surface area contributed by atoms with Crippen molar-refractivity contribution in [1.29, 1.82) is 0 Å². The Labute approximate surface area is 88.9 Å². The molecule has 1 aromatic rings. The highest BCUT2D eigenvalue weighted by Crippen LogP contribution is 2.19. The number of benzene rings is 1. The highest BCUT2D eigenvalue weighted by atomic mass is 19.3. The Bertz CT molecular complexity index is 313. The van der Waals surface area contributed by atoms with E-state index in [2.05, 4.69) is 5.32 Å². The Hall–Kier alpha value is -1.32. The molecule has 84 valence electrons. The van der Waals surface area contributed by atoms with Crippen LogP contribution in [0.4, 0.5) is 20.2 Å². The normalized spacial score (nSPS) is 12.7. The fourth-order valence-electron chi connectivity index (χ4n) is 1.20. The van der Waals surface area contributed by atoms with Gasteiger partial charge in [-0.2, -0.15) is 0 Å². The van der Waals surface area contributed by atoms with Gasteiger partial charge in [0, 0.05) is 25.5 Å². The van der Waals surface area contributed by atoms with Gasteiger partial charge in [-0.25, -0.2) is 8.78 Å². The highest BCUT2D eigenvalue weighted by Gasteiger charge is 2.13. The third-order valence-corrected chi connectivity index (χ3v) is 2.13. The number of nitrogens with one attached hydrogen (secondary N) is 1. The van der Waals surface area contributed by atoms with E-state index >= 15 is 0 Å². The third-order valence-electron chi connectivity index (χ3n) is 2.13. The van der Waals surface area contributed by atoms with E-state index in [-0.39, 0.29) is 0 Å². The quantitative estimate of drug-likeness (QED) is 0.829. The van der Waals surface area contributed by atoms with Gasteiger partial charge in [-0.05, 0) is 25.1 Å². The molecule has 0 aromatic heterocycles. The van der Waals surface area contributed by atoms with Crippen LogP contribution < -0.4 is 10.2 Å². The van der Waals surface area contributed by atoms with Gasteiger partial charge in [-0.3, -0.25) is 0 Å². The number of nitrogens with zero attached hydrogens (tertiary/aromatic N) is 1. The van der Waals surface area contributed by atoms with Crippen LogP contribution in [-0.4, -0.2) is 26.6 Å². The summed E-state index contributed by atoms with van der Waals surface area (Å²) >= 11 is 0. The van der Waals surface area contributed by atoms with Gasteiger partial charge in [0.1, 0.15) is 0 Å². The first-order valence-electron chi connectivity index (χ1n) is 4.83. The summed E-state index contributed by atoms with van der Waals surface area (Å²) in [5.41, 5.74) is 1.70. The van der Waals surface area contributed by atoms with Crippen LogP contribution in [0.25, 0.3) is 0 Å². The number of hydrogen-bond acceptors (Lipinski definition) is 2. The molecule has 1 rings (SSSR count). The van der Waals surface area contributed by atoms with E-state index in [1.165, 1.54) is 6.92 Å². The van der Waals surface area contributed by atoms with Crippen LogP contribution in [0.5, 0.6) is 0 Å². The molecular formula is C11H16F2N2. The number of rotatable bonds is 4. The first kappa shape index (κ1) is 11.8. The lowest BCUT2D eigenvalue weighted by Gasteiger charge is -2.17. The van der Waals surface area contributed by atoms with Gasteiger partial charge >= 0.3 is 0 Å². The topological polar surface area (TPSA) is 15.3 Å². The highest BCUT2D eigenvalue weighted by molar-refractivity contribution is 5.57. The minimum absolute atomic E-state index is 0.717. The van der Waals surface area contributed by atoms with E-state index in [4.69, 9.17) is 0 Å². The zero-order valence-electron chi connectivity index (χ0n) is 9.17. The first-order chi connectivity index (χ1) is 7.00. The molecule has 0 fully saturated rings. The van der Waals surface area contributed by atoms with Crippen LogP contribution in [0.15, 0.2) is 24.3 Å². The molecular weight excluding hydrogens is 198 g/mol. The molecule has 1 atom stereocenters. The van der Waals surface area contributed by atoms with E-state index in [9.17, 15) is 8.78 Å². The van der Waals surface area contributed by atoms with Gasteiger partial charge < -0.3 is 10.2 Å². The second-order valence-electron chi connectivity index (χ2n) is 3.71. The summed E-state index contributed by atoms with van der Waals surface area (Å²) in [4.78, 5) is 1.93. The predicted octanol–water partition coefficient (Wildman–Crippen LogP) is 2.82. The second-order valence-corrected chi connectivity index (χ2v) is 3.71. The molecule has 15 heavy (non-hydrogen) atoms. The molecule has 0 spiro atoms. The molecule has 4 heteroatoms. The monoisotopic (exact) mass is 214 g/mol. The van der Waals surface area contributed by atoms with Gasteiger partial charge in [-0.15, -0.1) is 0 Å². The van der Waals surface area contributed by atoms with Crippen LogP contribution in [0.2, 0.25) is 0 Å². The summed E-state index contributed by atoms with van der Waals surface area (Å²) in [6.07, 6.45) is -2.35. The molecule has 0 bridgehead atoms. The van der Waals surface area contributed by atoms with Gasteiger partial charge in [0.15, 0.2) is 0 Å². The zero-order valence-corrected chi connectivity index (χ0v) is 9.17. The fraction of sp³-hybridized carbons (Fsp3) is 0.455. The second kappa shape index (κ2) is 4.96. The molecule has 0 amide bonds. The molecule has 1 unspecified atom stereocenters. The number of alkyl halides is 2. The molecule has 0 heterocycles. The van der Waals surface area contributed by atoms with Crippen molar-refractivity contribution in [2.75, 3.05) is 24.3 Å². The molecule has 1 aromatic carbocycles. The van der Waals surface area contributed by atoms with Crippen molar-refractivity contribution in [2.24, 2.45) is 0 Å². The standard InChI is InChI=1S/C11H16F2N2/c1-8(11(12)13)14-9-5-4-6-10(7-9)15(2)3/h4-8,11,14H,1-3H3. The van der Waals surface area contributed by atoms with Crippen molar-refractivity contribution in [3.8, 4) is 0 Å². The van der Waals surface area contributed by atoms with Gasteiger partial charge in [0.2, 0.25) is 0 Å². The van der Waals surface area contributed by atoms with Crippen molar-refractivity contribution in [1.82, 2.24) is 0 Å². The third kappa shape index (κ3) is 3.38. The Kier molecular flexibility index (Phi) is 3.88. The minimum Gasteiger partial charge on any atom is -0.378 e. The van der Waals surface area contributed by atoms with Crippen molar-refractivity contribution < 1.29 is 8.78 Å². The van der Waals surface area contributed by atoms with Crippen molar-refractivity contribution in [3.05, 3.63) is 24.3 Å². The maximum Gasteiger partial charge on any atom is 0.258 e. The smallest absolute Gasteiger partial charge is 0.258 e. The van der Waals surface area contributed by atoms with E-state index in [0.717, 1.165) is 5.69 Å². The average Bonchev–Trinajstić information content (AvgIpc) is 2.18. The molecule has 2 nitrogen and oxygen atoms in total. The lowest BCUT2D eigenvalue weighted by Crippen LogP contribution is -2.23. The van der Waals surface area contributed by atoms with E-state index in [0.29, 0.717) is 5.69 Å². The average molecular weight is 214 g/mol. The summed E-state index contributed by atoms with van der Waals surface area (Å²) in [6.45, 7) is 1.47. The maximum atomic E-state index is 12.3. The van der Waals surface area contributed by atoms with Gasteiger partial charge in [-0.1, -0.05) is 6.07 Å². The van der Waals surface area contributed by atoms with Gasteiger partial charge in [0.25, 0.3) is 6.43 Å². The van der Waals surface area contributed by atoms with Crippen LogP contribution in [0.1, 0.15) is 6.92 Å². The van der Waals surface area contributed by atoms with E-state index in [1.807, 2.05) is 37.2 Å². The lowest BCUT2D eigenvalue weighted by molar-refractivity contribution is 0.131. The molecule has 0 saturated carbocycles. The summed E-state index contributed by atoms with van der Waals surface area (Å²) < 4.78 is 24.6. The van der Waals surface area contributed by atoms with Gasteiger partial charge in [0.05, 0.1) is 6.04 Å². The zero-order chi connectivity index (χ0) is 11.4. The lowest BCUT2D eigenvalue weighted by atomic mass is 10.2. The van der Waals surface area contributed by atoms with Crippen LogP contribution in [0.3, 0.4) is 0 Å². The molecule has 0 saturated heterocycles. The van der Waals surface area contributed by atoms with Crippen LogP contribution in [0, 0.1) is 0 Å². The summed E-state index contributed by atoms with van der Waals surface area (Å²) in [7, 11) is 3.82. The molecule has 1 N–H and O–H groups in total. The van der Waals surface area contributed by atoms with Crippen molar-refractivity contribution >= 4 is 11.4 Å². The maximum absolute atomic E-state index is 12.3. The summed E-state index contributed by atoms with van der Waals surface area (Å²) in [5, 5.41) is 2.76. The molecule has 0 radical (unpaired) electrons. The van der Waals surface area contributed by atoms with E-state index in [1.54, 1.807) is 6.07 Å². The number of halogens is 2. The van der Waals surface area contributed by atoms with Crippen LogP contribution >= 0.6 is 0 Å². The fourth-order valence-corrected chi connectivity index (χ4v) is 1.20. The van der Waals surface area contributed by atoms with Crippen LogP contribution in [-0.2, 0) is 0 Å². The number of anilines is 2. The van der Waals surface area contributed by atoms with Crippen molar-refractivity contribution in [3.63, 3.8) is 0 Å². The molecule has 0 aliphatic heterocycles. The SMILES string of the molecule is CC(Nc1cccc(N(C)C)c1)C(F)F. The Morgan fingerprint density at radius 2 is 1.93 bits per heavy atom. The van der Waals surface area contributed by atoms with Crippen molar-refractivity contribution in [2.45, 2.75) is 19.4 Å². The number of hydrogen-bond donors (Lipinski definition) is 1. The molecule has 0 aliphatic rings.